The van der Waals surface area contributed by atoms with Crippen LogP contribution in [0.2, 0.25) is 0 Å². The molecular formula is C6H12N2O3. The number of esters is 1. The van der Waals surface area contributed by atoms with Crippen LogP contribution in [-0.2, 0) is 9.53 Å². The molecule has 0 amide bonds. The van der Waals surface area contributed by atoms with Gasteiger partial charge in [-0.05, 0) is 6.42 Å². The van der Waals surface area contributed by atoms with Crippen molar-refractivity contribution in [3.63, 3.8) is 0 Å². The maximum Gasteiger partial charge on any atom is 0.305 e. The molecule has 0 spiro atoms. The molecule has 0 aromatic carbocycles. The number of methoxy groups -OCH3 is 1. The zero-order valence-electron chi connectivity index (χ0n) is 9.24. The monoisotopic (exact) mass is 163 g/mol. The summed E-state index contributed by atoms with van der Waals surface area (Å²) in [7, 11) is 1.24. The van der Waals surface area contributed by atoms with Gasteiger partial charge in [0.1, 0.15) is 0 Å². The maximum atomic E-state index is 10.6. The van der Waals surface area contributed by atoms with Gasteiger partial charge in [0.15, 0.2) is 0 Å². The standard InChI is InChI=1S/C6H12N2O3/c1-8(7-10)5-3-4-6(9)11-2/h3-5H2,1-2H3/i1D3. The first-order valence-corrected chi connectivity index (χ1v) is 3.09. The summed E-state index contributed by atoms with van der Waals surface area (Å²) in [6.45, 7) is -2.63. The van der Waals surface area contributed by atoms with Crippen LogP contribution in [0.3, 0.4) is 0 Å². The Hall–Kier alpha value is -1.13. The number of ether oxygens (including phenoxy) is 1. The third kappa shape index (κ3) is 5.32. The molecule has 0 heterocycles. The van der Waals surface area contributed by atoms with Gasteiger partial charge in [-0.3, -0.25) is 9.80 Å². The first kappa shape index (κ1) is 5.51. The van der Waals surface area contributed by atoms with Gasteiger partial charge in [-0.1, -0.05) is 0 Å². The average molecular weight is 163 g/mol. The number of carbonyl (C=O) groups excluding carboxylic acids is 1. The van der Waals surface area contributed by atoms with Crippen LogP contribution in [-0.4, -0.2) is 31.6 Å². The highest BCUT2D eigenvalue weighted by molar-refractivity contribution is 5.68. The molecule has 5 nitrogen and oxygen atoms in total. The first-order valence-electron chi connectivity index (χ1n) is 4.59. The predicted molar refractivity (Wildman–Crippen MR) is 39.7 cm³/mol. The van der Waals surface area contributed by atoms with E-state index >= 15 is 0 Å². The lowest BCUT2D eigenvalue weighted by atomic mass is 10.3. The topological polar surface area (TPSA) is 59.0 Å². The summed E-state index contributed by atoms with van der Waals surface area (Å²) in [5.74, 6) is -0.443. The molecule has 64 valence electrons. The highest BCUT2D eigenvalue weighted by Crippen LogP contribution is 1.94. The van der Waals surface area contributed by atoms with E-state index in [1.165, 1.54) is 7.11 Å². The molecule has 0 saturated heterocycles. The van der Waals surface area contributed by atoms with Crippen LogP contribution in [0.5, 0.6) is 0 Å². The summed E-state index contributed by atoms with van der Waals surface area (Å²) in [6, 6.07) is 0. The second kappa shape index (κ2) is 5.64. The quantitative estimate of drug-likeness (QED) is 0.337. The fourth-order valence-corrected chi connectivity index (χ4v) is 0.516. The summed E-state index contributed by atoms with van der Waals surface area (Å²) in [5, 5.41) is 2.78. The summed E-state index contributed by atoms with van der Waals surface area (Å²) < 4.78 is 25.0. The smallest absolute Gasteiger partial charge is 0.305 e. The van der Waals surface area contributed by atoms with Gasteiger partial charge in [0.2, 0.25) is 0 Å². The van der Waals surface area contributed by atoms with Crippen molar-refractivity contribution in [2.45, 2.75) is 12.8 Å². The second-order valence-corrected chi connectivity index (χ2v) is 1.88. The Morgan fingerprint density at radius 1 is 1.82 bits per heavy atom. The number of nitroso groups, excluding NO2 is 1. The second-order valence-electron chi connectivity index (χ2n) is 1.88. The van der Waals surface area contributed by atoms with E-state index in [-0.39, 0.29) is 19.4 Å². The highest BCUT2D eigenvalue weighted by Gasteiger charge is 2.00. The van der Waals surface area contributed by atoms with E-state index in [4.69, 9.17) is 4.11 Å². The van der Waals surface area contributed by atoms with Crippen LogP contribution >= 0.6 is 0 Å². The molecule has 11 heavy (non-hydrogen) atoms. The number of rotatable bonds is 5. The van der Waals surface area contributed by atoms with Crippen molar-refractivity contribution in [3.8, 4) is 0 Å². The van der Waals surface area contributed by atoms with Crippen LogP contribution in [0, 0.1) is 4.91 Å². The van der Waals surface area contributed by atoms with E-state index < -0.39 is 12.9 Å². The third-order valence-corrected chi connectivity index (χ3v) is 1.08. The molecule has 0 radical (unpaired) electrons. The van der Waals surface area contributed by atoms with Crippen LogP contribution < -0.4 is 0 Å². The van der Waals surface area contributed by atoms with E-state index in [1.807, 2.05) is 0 Å². The van der Waals surface area contributed by atoms with E-state index in [9.17, 15) is 9.70 Å². The van der Waals surface area contributed by atoms with Crippen molar-refractivity contribution in [1.82, 2.24) is 5.01 Å². The van der Waals surface area contributed by atoms with Gasteiger partial charge in [0.25, 0.3) is 0 Å². The van der Waals surface area contributed by atoms with Gasteiger partial charge in [-0.25, -0.2) is 0 Å². The Labute approximate surface area is 69.5 Å². The number of nitrogens with zero attached hydrogens (tertiary/aromatic N) is 2. The van der Waals surface area contributed by atoms with Crippen molar-refractivity contribution < 1.29 is 13.6 Å². The van der Waals surface area contributed by atoms with Crippen LogP contribution in [0.1, 0.15) is 17.0 Å². The Balaban J connectivity index is 3.86. The minimum Gasteiger partial charge on any atom is -0.469 e. The van der Waals surface area contributed by atoms with Crippen molar-refractivity contribution in [2.75, 3.05) is 20.6 Å². The zero-order valence-corrected chi connectivity index (χ0v) is 6.24. The van der Waals surface area contributed by atoms with Crippen molar-refractivity contribution in [3.05, 3.63) is 4.91 Å². The van der Waals surface area contributed by atoms with Crippen molar-refractivity contribution >= 4 is 5.97 Å². The maximum absolute atomic E-state index is 10.6. The van der Waals surface area contributed by atoms with E-state index in [0.29, 0.717) is 5.01 Å². The molecule has 0 aliphatic heterocycles. The first-order chi connectivity index (χ1) is 6.41. The predicted octanol–water partition coefficient (Wildman–Crippen LogP) is 0.553. The van der Waals surface area contributed by atoms with Crippen molar-refractivity contribution in [2.24, 2.45) is 5.29 Å². The molecule has 0 aliphatic rings. The van der Waals surface area contributed by atoms with Crippen LogP contribution in [0.15, 0.2) is 5.29 Å². The summed E-state index contributed by atoms with van der Waals surface area (Å²) in [4.78, 5) is 20.7. The van der Waals surface area contributed by atoms with Gasteiger partial charge in [-0.2, -0.15) is 0 Å². The fourth-order valence-electron chi connectivity index (χ4n) is 0.516. The minimum atomic E-state index is -2.54. The largest absolute Gasteiger partial charge is 0.469 e. The van der Waals surface area contributed by atoms with Gasteiger partial charge >= 0.3 is 5.97 Å². The molecule has 0 unspecified atom stereocenters. The molecule has 0 atom stereocenters. The fraction of sp³-hybridized carbons (Fsp3) is 0.833. The molecule has 0 aromatic heterocycles. The van der Waals surface area contributed by atoms with Gasteiger partial charge < -0.3 is 4.74 Å². The Bertz CT molecular complexity index is 207. The molecule has 0 N–H and O–H groups in total. The zero-order chi connectivity index (χ0) is 11.2. The van der Waals surface area contributed by atoms with Gasteiger partial charge in [0, 0.05) is 24.1 Å². The Morgan fingerprint density at radius 3 is 3.00 bits per heavy atom. The number of hydrogen-bond donors (Lipinski definition) is 0. The number of hydrogen-bond acceptors (Lipinski definition) is 4. The van der Waals surface area contributed by atoms with Crippen molar-refractivity contribution in [1.29, 1.82) is 0 Å². The number of carbonyl (C=O) groups is 1. The lowest BCUT2D eigenvalue weighted by Crippen LogP contribution is -2.13. The molecule has 0 bridgehead atoms. The van der Waals surface area contributed by atoms with Gasteiger partial charge in [-0.15, -0.1) is 4.91 Å². The molecule has 5 heteroatoms. The normalized spacial score (nSPS) is 14.1. The molecule has 0 fully saturated rings. The minimum absolute atomic E-state index is 0.0681. The molecule has 0 rings (SSSR count). The van der Waals surface area contributed by atoms with E-state index in [1.54, 1.807) is 0 Å². The molecular weight excluding hydrogens is 148 g/mol. The Morgan fingerprint density at radius 2 is 2.55 bits per heavy atom. The Kier molecular flexibility index (Phi) is 2.83. The van der Waals surface area contributed by atoms with Crippen LogP contribution in [0.4, 0.5) is 0 Å². The molecule has 0 aliphatic carbocycles. The van der Waals surface area contributed by atoms with Crippen LogP contribution in [0.25, 0.3) is 0 Å². The molecule has 0 saturated carbocycles. The summed E-state index contributed by atoms with van der Waals surface area (Å²) in [6.07, 6.45) is 0.287. The third-order valence-electron chi connectivity index (χ3n) is 1.08. The van der Waals surface area contributed by atoms with Gasteiger partial charge in [0.05, 0.1) is 12.4 Å². The lowest BCUT2D eigenvalue weighted by Gasteiger charge is -2.06. The van der Waals surface area contributed by atoms with E-state index in [2.05, 4.69) is 10.0 Å². The van der Waals surface area contributed by atoms with E-state index in [0.717, 1.165) is 0 Å². The summed E-state index contributed by atoms with van der Waals surface area (Å²) in [5.41, 5.74) is 0. The SMILES string of the molecule is [2H]C([2H])([2H])N(CCCC(=O)OC)N=O. The average Bonchev–Trinajstić information content (AvgIpc) is 2.09. The highest BCUT2D eigenvalue weighted by atomic mass is 16.5. The molecule has 0 aromatic rings. The lowest BCUT2D eigenvalue weighted by molar-refractivity contribution is -0.140. The summed E-state index contributed by atoms with van der Waals surface area (Å²) >= 11 is 0.